The number of likely N-dealkylation sites (N-methyl/N-ethyl adjacent to an activating group) is 1. The van der Waals surface area contributed by atoms with Gasteiger partial charge in [-0.25, -0.2) is 0 Å². The maximum absolute atomic E-state index is 11.9. The maximum atomic E-state index is 11.9. The third-order valence-electron chi connectivity index (χ3n) is 2.46. The number of phenolic OH excluding ortho intramolecular Hbond substituents is 1. The van der Waals surface area contributed by atoms with Crippen LogP contribution in [0.4, 0.5) is 0 Å². The number of rotatable bonds is 1. The average molecular weight is 374 g/mol. The summed E-state index contributed by atoms with van der Waals surface area (Å²) in [6.07, 6.45) is 1.81. The van der Waals surface area contributed by atoms with Gasteiger partial charge in [0.05, 0.1) is 8.48 Å². The summed E-state index contributed by atoms with van der Waals surface area (Å²) in [4.78, 5) is 18.1. The van der Waals surface area contributed by atoms with Crippen LogP contribution in [-0.2, 0) is 4.79 Å². The van der Waals surface area contributed by atoms with Crippen LogP contribution in [-0.4, -0.2) is 35.2 Å². The summed E-state index contributed by atoms with van der Waals surface area (Å²) >= 11 is 3.41. The van der Waals surface area contributed by atoms with Gasteiger partial charge in [0.15, 0.2) is 5.17 Å². The van der Waals surface area contributed by atoms with Crippen molar-refractivity contribution in [3.05, 3.63) is 32.2 Å². The maximum Gasteiger partial charge on any atom is 0.266 e. The number of amides is 1. The molecule has 1 aliphatic heterocycles. The first-order valence-electron chi connectivity index (χ1n) is 5.16. The zero-order chi connectivity index (χ0) is 13.3. The molecule has 0 unspecified atom stereocenters. The normalized spacial score (nSPS) is 20.2. The summed E-state index contributed by atoms with van der Waals surface area (Å²) in [5.41, 5.74) is 0.888. The molecular weight excluding hydrogens is 363 g/mol. The lowest BCUT2D eigenvalue weighted by molar-refractivity contribution is -0.121. The van der Waals surface area contributed by atoms with E-state index in [0.29, 0.717) is 10.1 Å². The van der Waals surface area contributed by atoms with Crippen LogP contribution in [0.5, 0.6) is 5.75 Å². The molecule has 1 fully saturated rings. The fourth-order valence-corrected chi connectivity index (χ4v) is 2.98. The molecule has 1 saturated heterocycles. The minimum absolute atomic E-state index is 0.0521. The Bertz CT molecular complexity index is 569. The van der Waals surface area contributed by atoms with Crippen LogP contribution in [0, 0.1) is 3.57 Å². The number of benzene rings is 1. The van der Waals surface area contributed by atoms with Gasteiger partial charge >= 0.3 is 0 Å². The van der Waals surface area contributed by atoms with E-state index in [0.717, 1.165) is 9.13 Å². The van der Waals surface area contributed by atoms with Gasteiger partial charge in [-0.2, -0.15) is 0 Å². The predicted octanol–water partition coefficient (Wildman–Crippen LogP) is 2.53. The number of amidine groups is 1. The molecule has 2 rings (SSSR count). The van der Waals surface area contributed by atoms with Gasteiger partial charge < -0.3 is 5.11 Å². The Kier molecular flexibility index (Phi) is 3.96. The van der Waals surface area contributed by atoms with Crippen LogP contribution >= 0.6 is 34.4 Å². The van der Waals surface area contributed by atoms with Crippen molar-refractivity contribution in [1.82, 2.24) is 4.90 Å². The molecule has 1 heterocycles. The first kappa shape index (κ1) is 13.4. The van der Waals surface area contributed by atoms with Gasteiger partial charge in [0.25, 0.3) is 5.91 Å². The molecule has 0 saturated carbocycles. The largest absolute Gasteiger partial charge is 0.507 e. The number of hydrogen-bond donors (Lipinski definition) is 1. The molecule has 0 radical (unpaired) electrons. The molecule has 1 N–H and O–H groups in total. The van der Waals surface area contributed by atoms with E-state index in [1.54, 1.807) is 26.2 Å². The smallest absolute Gasteiger partial charge is 0.266 e. The minimum Gasteiger partial charge on any atom is -0.507 e. The molecule has 94 valence electrons. The molecule has 1 aromatic rings. The molecule has 1 aromatic carbocycles. The van der Waals surface area contributed by atoms with Crippen LogP contribution in [0.15, 0.2) is 28.1 Å². The number of nitrogens with zero attached hydrogens (tertiary/aromatic N) is 2. The highest BCUT2D eigenvalue weighted by atomic mass is 127. The molecule has 1 amide bonds. The van der Waals surface area contributed by atoms with Gasteiger partial charge in [0, 0.05) is 14.1 Å². The number of aliphatic imine (C=N–C) groups is 1. The SMILES string of the molecule is CN=C1S/C(=C/c2ccc(O)c(I)c2)C(=O)N1C. The molecule has 0 bridgehead atoms. The van der Waals surface area contributed by atoms with E-state index in [1.807, 2.05) is 12.1 Å². The monoisotopic (exact) mass is 374 g/mol. The van der Waals surface area contributed by atoms with Crippen molar-refractivity contribution in [3.8, 4) is 5.75 Å². The third kappa shape index (κ3) is 2.54. The van der Waals surface area contributed by atoms with E-state index in [-0.39, 0.29) is 11.7 Å². The predicted molar refractivity (Wildman–Crippen MR) is 82.5 cm³/mol. The second-order valence-electron chi connectivity index (χ2n) is 3.69. The summed E-state index contributed by atoms with van der Waals surface area (Å²) in [5, 5.41) is 10.1. The highest BCUT2D eigenvalue weighted by molar-refractivity contribution is 14.1. The number of thioether (sulfide) groups is 1. The summed E-state index contributed by atoms with van der Waals surface area (Å²) in [6.45, 7) is 0. The number of aromatic hydroxyl groups is 1. The fraction of sp³-hybridized carbons (Fsp3) is 0.167. The number of carbonyl (C=O) groups excluding carboxylic acids is 1. The van der Waals surface area contributed by atoms with Crippen molar-refractivity contribution >= 4 is 51.5 Å². The topological polar surface area (TPSA) is 52.9 Å². The van der Waals surface area contributed by atoms with Crippen LogP contribution in [0.3, 0.4) is 0 Å². The average Bonchev–Trinajstić information content (AvgIpc) is 2.62. The van der Waals surface area contributed by atoms with E-state index < -0.39 is 0 Å². The second kappa shape index (κ2) is 5.31. The summed E-state index contributed by atoms with van der Waals surface area (Å²) < 4.78 is 0.759. The Labute approximate surface area is 123 Å². The molecular formula is C12H11IN2O2S. The summed E-state index contributed by atoms with van der Waals surface area (Å²) in [5.74, 6) is 0.194. The lowest BCUT2D eigenvalue weighted by atomic mass is 10.2. The number of halogens is 1. The molecule has 4 nitrogen and oxygen atoms in total. The zero-order valence-electron chi connectivity index (χ0n) is 9.85. The standard InChI is InChI=1S/C12H11IN2O2S/c1-14-12-15(2)11(17)10(18-12)6-7-3-4-9(16)8(13)5-7/h3-6,16H,1-2H3/b10-6+,14-12?. The number of hydrogen-bond acceptors (Lipinski definition) is 4. The molecule has 0 atom stereocenters. The third-order valence-corrected chi connectivity index (χ3v) is 4.48. The molecule has 0 spiro atoms. The highest BCUT2D eigenvalue weighted by Gasteiger charge is 2.29. The van der Waals surface area contributed by atoms with Crippen LogP contribution in [0.2, 0.25) is 0 Å². The van der Waals surface area contributed by atoms with Crippen LogP contribution < -0.4 is 0 Å². The van der Waals surface area contributed by atoms with Crippen molar-refractivity contribution < 1.29 is 9.90 Å². The quantitative estimate of drug-likeness (QED) is 0.607. The van der Waals surface area contributed by atoms with Gasteiger partial charge in [0.2, 0.25) is 0 Å². The van der Waals surface area contributed by atoms with Gasteiger partial charge in [-0.1, -0.05) is 6.07 Å². The molecule has 1 aliphatic rings. The van der Waals surface area contributed by atoms with E-state index >= 15 is 0 Å². The van der Waals surface area contributed by atoms with Gasteiger partial charge in [-0.05, 0) is 58.1 Å². The fourth-order valence-electron chi connectivity index (χ4n) is 1.51. The first-order valence-corrected chi connectivity index (χ1v) is 7.05. The van der Waals surface area contributed by atoms with Gasteiger partial charge in [-0.15, -0.1) is 0 Å². The summed E-state index contributed by atoms with van der Waals surface area (Å²) in [7, 11) is 3.37. The van der Waals surface area contributed by atoms with Gasteiger partial charge in [-0.3, -0.25) is 14.7 Å². The van der Waals surface area contributed by atoms with E-state index in [2.05, 4.69) is 27.6 Å². The highest BCUT2D eigenvalue weighted by Crippen LogP contribution is 2.32. The Balaban J connectivity index is 2.34. The lowest BCUT2D eigenvalue weighted by Gasteiger charge is -2.05. The molecule has 18 heavy (non-hydrogen) atoms. The van der Waals surface area contributed by atoms with E-state index in [4.69, 9.17) is 0 Å². The van der Waals surface area contributed by atoms with E-state index in [1.165, 1.54) is 16.7 Å². The second-order valence-corrected chi connectivity index (χ2v) is 5.86. The van der Waals surface area contributed by atoms with Crippen molar-refractivity contribution in [2.75, 3.05) is 14.1 Å². The Morgan fingerprint density at radius 3 is 2.78 bits per heavy atom. The van der Waals surface area contributed by atoms with Crippen molar-refractivity contribution in [2.24, 2.45) is 4.99 Å². The number of phenols is 1. The molecule has 0 aliphatic carbocycles. The lowest BCUT2D eigenvalue weighted by Crippen LogP contribution is -2.23. The molecule has 6 heteroatoms. The molecule has 0 aromatic heterocycles. The summed E-state index contributed by atoms with van der Waals surface area (Å²) in [6, 6.07) is 5.23. The number of carbonyl (C=O) groups is 1. The van der Waals surface area contributed by atoms with Crippen molar-refractivity contribution in [3.63, 3.8) is 0 Å². The Morgan fingerprint density at radius 1 is 1.50 bits per heavy atom. The first-order chi connectivity index (χ1) is 8.52. The Morgan fingerprint density at radius 2 is 2.22 bits per heavy atom. The van der Waals surface area contributed by atoms with Crippen molar-refractivity contribution in [1.29, 1.82) is 0 Å². The van der Waals surface area contributed by atoms with Crippen LogP contribution in [0.1, 0.15) is 5.56 Å². The minimum atomic E-state index is -0.0521. The van der Waals surface area contributed by atoms with Crippen LogP contribution in [0.25, 0.3) is 6.08 Å². The van der Waals surface area contributed by atoms with Gasteiger partial charge in [0.1, 0.15) is 5.75 Å². The Hall–Kier alpha value is -1.02. The van der Waals surface area contributed by atoms with Crippen molar-refractivity contribution in [2.45, 2.75) is 0 Å². The zero-order valence-corrected chi connectivity index (χ0v) is 12.8. The van der Waals surface area contributed by atoms with E-state index in [9.17, 15) is 9.90 Å².